The van der Waals surface area contributed by atoms with E-state index in [0.717, 1.165) is 22.6 Å². The minimum atomic E-state index is -0.111. The molecule has 0 saturated carbocycles. The fourth-order valence-corrected chi connectivity index (χ4v) is 3.18. The van der Waals surface area contributed by atoms with E-state index >= 15 is 0 Å². The standard InChI is InChI=1S/C18H15ClN2O2S/c1-23-13-8-6-12(7-9-13)10-17(22)21-18-20-16(11-24-18)14-4-2-3-5-15(14)19/h2-9,11H,10H2,1H3,(H,20,21,22). The predicted molar refractivity (Wildman–Crippen MR) is 97.9 cm³/mol. The van der Waals surface area contributed by atoms with Crippen molar-refractivity contribution in [2.24, 2.45) is 0 Å². The number of ether oxygens (including phenoxy) is 1. The largest absolute Gasteiger partial charge is 0.497 e. The van der Waals surface area contributed by atoms with Crippen molar-refractivity contribution >= 4 is 34.0 Å². The molecule has 1 aromatic heterocycles. The number of nitrogens with zero attached hydrogens (tertiary/aromatic N) is 1. The van der Waals surface area contributed by atoms with Crippen LogP contribution in [0.5, 0.6) is 5.75 Å². The Balaban J connectivity index is 1.66. The Bertz CT molecular complexity index is 846. The molecule has 0 bridgehead atoms. The van der Waals surface area contributed by atoms with E-state index in [2.05, 4.69) is 10.3 Å². The van der Waals surface area contributed by atoms with Crippen molar-refractivity contribution < 1.29 is 9.53 Å². The first-order valence-electron chi connectivity index (χ1n) is 7.29. The summed E-state index contributed by atoms with van der Waals surface area (Å²) in [4.78, 5) is 16.6. The quantitative estimate of drug-likeness (QED) is 0.722. The lowest BCUT2D eigenvalue weighted by molar-refractivity contribution is -0.115. The van der Waals surface area contributed by atoms with Gasteiger partial charge in [0, 0.05) is 16.0 Å². The third-order valence-corrected chi connectivity index (χ3v) is 4.51. The van der Waals surface area contributed by atoms with Crippen LogP contribution < -0.4 is 10.1 Å². The summed E-state index contributed by atoms with van der Waals surface area (Å²) < 4.78 is 5.10. The van der Waals surface area contributed by atoms with Crippen LogP contribution in [0.1, 0.15) is 5.56 Å². The van der Waals surface area contributed by atoms with Crippen LogP contribution in [0.2, 0.25) is 5.02 Å². The van der Waals surface area contributed by atoms with E-state index in [1.807, 2.05) is 53.9 Å². The second kappa shape index (κ2) is 7.47. The van der Waals surface area contributed by atoms with Gasteiger partial charge in [-0.3, -0.25) is 4.79 Å². The molecule has 2 aromatic carbocycles. The average Bonchev–Trinajstić information content (AvgIpc) is 3.04. The molecule has 0 unspecified atom stereocenters. The molecular formula is C18H15ClN2O2S. The molecule has 0 radical (unpaired) electrons. The molecule has 1 N–H and O–H groups in total. The van der Waals surface area contributed by atoms with E-state index in [1.54, 1.807) is 7.11 Å². The van der Waals surface area contributed by atoms with Gasteiger partial charge in [-0.15, -0.1) is 11.3 Å². The first-order valence-corrected chi connectivity index (χ1v) is 8.54. The monoisotopic (exact) mass is 358 g/mol. The predicted octanol–water partition coefficient (Wildman–Crippen LogP) is 4.65. The van der Waals surface area contributed by atoms with Gasteiger partial charge in [0.05, 0.1) is 19.2 Å². The minimum Gasteiger partial charge on any atom is -0.497 e. The average molecular weight is 359 g/mol. The van der Waals surface area contributed by atoms with Gasteiger partial charge in [-0.05, 0) is 23.8 Å². The number of halogens is 1. The second-order valence-electron chi connectivity index (χ2n) is 5.09. The molecule has 1 heterocycles. The van der Waals surface area contributed by atoms with Crippen LogP contribution in [0.25, 0.3) is 11.3 Å². The van der Waals surface area contributed by atoms with Crippen LogP contribution in [0.3, 0.4) is 0 Å². The third kappa shape index (κ3) is 3.93. The maximum atomic E-state index is 12.1. The molecule has 0 aliphatic rings. The number of nitrogens with one attached hydrogen (secondary N) is 1. The van der Waals surface area contributed by atoms with Crippen LogP contribution in [0.4, 0.5) is 5.13 Å². The molecular weight excluding hydrogens is 344 g/mol. The van der Waals surface area contributed by atoms with Crippen molar-refractivity contribution in [1.29, 1.82) is 0 Å². The van der Waals surface area contributed by atoms with Gasteiger partial charge in [0.1, 0.15) is 5.75 Å². The zero-order valence-corrected chi connectivity index (χ0v) is 14.5. The number of amides is 1. The molecule has 0 atom stereocenters. The fourth-order valence-electron chi connectivity index (χ4n) is 2.22. The van der Waals surface area contributed by atoms with Crippen molar-refractivity contribution in [2.75, 3.05) is 12.4 Å². The van der Waals surface area contributed by atoms with E-state index < -0.39 is 0 Å². The molecule has 122 valence electrons. The molecule has 24 heavy (non-hydrogen) atoms. The van der Waals surface area contributed by atoms with E-state index in [1.165, 1.54) is 11.3 Å². The number of hydrogen-bond donors (Lipinski definition) is 1. The van der Waals surface area contributed by atoms with Crippen molar-refractivity contribution in [3.8, 4) is 17.0 Å². The van der Waals surface area contributed by atoms with Crippen LogP contribution in [0.15, 0.2) is 53.9 Å². The number of methoxy groups -OCH3 is 1. The molecule has 3 rings (SSSR count). The number of thiazole rings is 1. The third-order valence-electron chi connectivity index (χ3n) is 3.42. The Kier molecular flexibility index (Phi) is 5.13. The number of aromatic nitrogens is 1. The SMILES string of the molecule is COc1ccc(CC(=O)Nc2nc(-c3ccccc3Cl)cs2)cc1. The first-order chi connectivity index (χ1) is 11.7. The van der Waals surface area contributed by atoms with Gasteiger partial charge in [-0.1, -0.05) is 41.9 Å². The number of benzene rings is 2. The number of rotatable bonds is 5. The summed E-state index contributed by atoms with van der Waals surface area (Å²) in [5.41, 5.74) is 2.52. The first kappa shape index (κ1) is 16.5. The normalized spacial score (nSPS) is 10.4. The number of anilines is 1. The van der Waals surface area contributed by atoms with Crippen LogP contribution in [-0.4, -0.2) is 18.0 Å². The lowest BCUT2D eigenvalue weighted by Gasteiger charge is -2.04. The maximum Gasteiger partial charge on any atom is 0.230 e. The highest BCUT2D eigenvalue weighted by Gasteiger charge is 2.10. The molecule has 3 aromatic rings. The van der Waals surface area contributed by atoms with E-state index in [9.17, 15) is 4.79 Å². The molecule has 0 spiro atoms. The van der Waals surface area contributed by atoms with Crippen LogP contribution >= 0.6 is 22.9 Å². The molecule has 0 saturated heterocycles. The van der Waals surface area contributed by atoms with Gasteiger partial charge in [0.15, 0.2) is 5.13 Å². The molecule has 4 nitrogen and oxygen atoms in total. The highest BCUT2D eigenvalue weighted by Crippen LogP contribution is 2.30. The van der Waals surface area contributed by atoms with Crippen molar-refractivity contribution in [1.82, 2.24) is 4.98 Å². The molecule has 0 aliphatic carbocycles. The summed E-state index contributed by atoms with van der Waals surface area (Å²) >= 11 is 7.55. The lowest BCUT2D eigenvalue weighted by atomic mass is 10.1. The molecule has 0 fully saturated rings. The fraction of sp³-hybridized carbons (Fsp3) is 0.111. The summed E-state index contributed by atoms with van der Waals surface area (Å²) in [6.45, 7) is 0. The Morgan fingerprint density at radius 3 is 2.67 bits per heavy atom. The molecule has 6 heteroatoms. The van der Waals surface area contributed by atoms with Gasteiger partial charge in [0.2, 0.25) is 5.91 Å². The summed E-state index contributed by atoms with van der Waals surface area (Å²) in [6, 6.07) is 14.9. The van der Waals surface area contributed by atoms with Crippen molar-refractivity contribution in [3.05, 3.63) is 64.5 Å². The van der Waals surface area contributed by atoms with E-state index in [4.69, 9.17) is 16.3 Å². The molecule has 0 aliphatic heterocycles. The second-order valence-corrected chi connectivity index (χ2v) is 6.36. The number of carbonyl (C=O) groups excluding carboxylic acids is 1. The zero-order valence-electron chi connectivity index (χ0n) is 13.0. The Morgan fingerprint density at radius 1 is 1.21 bits per heavy atom. The van der Waals surface area contributed by atoms with Gasteiger partial charge in [-0.25, -0.2) is 4.98 Å². The lowest BCUT2D eigenvalue weighted by Crippen LogP contribution is -2.14. The highest BCUT2D eigenvalue weighted by atomic mass is 35.5. The summed E-state index contributed by atoms with van der Waals surface area (Å²) in [5, 5.41) is 5.90. The van der Waals surface area contributed by atoms with Gasteiger partial charge in [0.25, 0.3) is 0 Å². The summed E-state index contributed by atoms with van der Waals surface area (Å²) in [5.74, 6) is 0.656. The zero-order chi connectivity index (χ0) is 16.9. The maximum absolute atomic E-state index is 12.1. The van der Waals surface area contributed by atoms with E-state index in [-0.39, 0.29) is 12.3 Å². The summed E-state index contributed by atoms with van der Waals surface area (Å²) in [7, 11) is 1.61. The van der Waals surface area contributed by atoms with Gasteiger partial charge >= 0.3 is 0 Å². The Labute approximate surface area is 149 Å². The minimum absolute atomic E-state index is 0.111. The Hall–Kier alpha value is -2.37. The molecule has 1 amide bonds. The summed E-state index contributed by atoms with van der Waals surface area (Å²) in [6.07, 6.45) is 0.283. The van der Waals surface area contributed by atoms with E-state index in [0.29, 0.717) is 10.2 Å². The van der Waals surface area contributed by atoms with Gasteiger partial charge in [-0.2, -0.15) is 0 Å². The number of carbonyl (C=O) groups is 1. The smallest absolute Gasteiger partial charge is 0.230 e. The number of hydrogen-bond acceptors (Lipinski definition) is 4. The topological polar surface area (TPSA) is 51.2 Å². The van der Waals surface area contributed by atoms with Crippen molar-refractivity contribution in [2.45, 2.75) is 6.42 Å². The van der Waals surface area contributed by atoms with Crippen LogP contribution in [-0.2, 0) is 11.2 Å². The van der Waals surface area contributed by atoms with Crippen LogP contribution in [0, 0.1) is 0 Å². The Morgan fingerprint density at radius 2 is 1.96 bits per heavy atom. The van der Waals surface area contributed by atoms with Gasteiger partial charge < -0.3 is 10.1 Å². The highest BCUT2D eigenvalue weighted by molar-refractivity contribution is 7.14. The van der Waals surface area contributed by atoms with Crippen molar-refractivity contribution in [3.63, 3.8) is 0 Å².